The van der Waals surface area contributed by atoms with Crippen LogP contribution in [0.4, 0.5) is 0 Å². The Kier molecular flexibility index (Phi) is 5.03. The first kappa shape index (κ1) is 15.0. The Balaban J connectivity index is 1.51. The number of amides is 1. The van der Waals surface area contributed by atoms with E-state index in [9.17, 15) is 4.79 Å². The molecule has 9 nitrogen and oxygen atoms in total. The Morgan fingerprint density at radius 1 is 1.59 bits per heavy atom. The van der Waals surface area contributed by atoms with Crippen LogP contribution in [0.15, 0.2) is 17.2 Å². The molecule has 1 aliphatic rings. The summed E-state index contributed by atoms with van der Waals surface area (Å²) in [4.78, 5) is 17.4. The molecule has 1 aliphatic heterocycles. The fraction of sp³-hybridized carbons (Fsp3) is 0.583. The summed E-state index contributed by atoms with van der Waals surface area (Å²) in [6, 6.07) is -0.0941. The number of carbonyl (C=O) groups is 1. The summed E-state index contributed by atoms with van der Waals surface area (Å²) in [6.07, 6.45) is 1.81. The molecular formula is C12H16N6O3S. The highest BCUT2D eigenvalue weighted by atomic mass is 32.1. The lowest BCUT2D eigenvalue weighted by atomic mass is 10.1. The maximum Gasteiger partial charge on any atom is 0.243 e. The summed E-state index contributed by atoms with van der Waals surface area (Å²) in [6.45, 7) is 1.50. The lowest BCUT2D eigenvalue weighted by Crippen LogP contribution is -2.50. The summed E-state index contributed by atoms with van der Waals surface area (Å²) in [5.74, 6) is -0.174. The molecule has 0 aromatic carbocycles. The number of thiazole rings is 1. The van der Waals surface area contributed by atoms with E-state index in [1.165, 1.54) is 22.5 Å². The van der Waals surface area contributed by atoms with E-state index in [1.54, 1.807) is 5.51 Å². The fourth-order valence-corrected chi connectivity index (χ4v) is 2.73. The van der Waals surface area contributed by atoms with Crippen molar-refractivity contribution in [2.24, 2.45) is 0 Å². The number of rotatable bonds is 6. The largest absolute Gasteiger partial charge is 0.379 e. The summed E-state index contributed by atoms with van der Waals surface area (Å²) in [7, 11) is 0. The molecule has 0 bridgehead atoms. The molecule has 1 N–H and O–H groups in total. The van der Waals surface area contributed by atoms with E-state index in [4.69, 9.17) is 9.47 Å². The number of nitrogens with zero attached hydrogens (tertiary/aromatic N) is 5. The number of carbonyl (C=O) groups excluding carboxylic acids is 1. The number of hydrogen-bond donors (Lipinski definition) is 1. The van der Waals surface area contributed by atoms with Crippen molar-refractivity contribution in [3.05, 3.63) is 22.9 Å². The van der Waals surface area contributed by atoms with Crippen LogP contribution in [-0.4, -0.2) is 56.5 Å². The highest BCUT2D eigenvalue weighted by Crippen LogP contribution is 2.14. The van der Waals surface area contributed by atoms with Crippen LogP contribution in [0.25, 0.3) is 0 Å². The van der Waals surface area contributed by atoms with E-state index in [0.717, 1.165) is 5.69 Å². The molecule has 0 radical (unpaired) electrons. The maximum absolute atomic E-state index is 12.0. The van der Waals surface area contributed by atoms with Gasteiger partial charge in [0.1, 0.15) is 12.6 Å². The van der Waals surface area contributed by atoms with Crippen LogP contribution < -0.4 is 5.32 Å². The highest BCUT2D eigenvalue weighted by molar-refractivity contribution is 7.07. The van der Waals surface area contributed by atoms with Crippen LogP contribution in [0.2, 0.25) is 0 Å². The second-order valence-electron chi connectivity index (χ2n) is 4.83. The van der Waals surface area contributed by atoms with E-state index >= 15 is 0 Å². The minimum Gasteiger partial charge on any atom is -0.379 e. The normalized spacial score (nSPS) is 21.6. The average molecular weight is 324 g/mol. The lowest BCUT2D eigenvalue weighted by Gasteiger charge is -2.31. The van der Waals surface area contributed by atoms with Gasteiger partial charge in [0.25, 0.3) is 0 Å². The monoisotopic (exact) mass is 324 g/mol. The summed E-state index contributed by atoms with van der Waals surface area (Å²) in [5, 5.41) is 15.9. The zero-order chi connectivity index (χ0) is 15.2. The molecule has 10 heteroatoms. The van der Waals surface area contributed by atoms with Crippen LogP contribution >= 0.6 is 11.3 Å². The Morgan fingerprint density at radius 2 is 2.55 bits per heavy atom. The van der Waals surface area contributed by atoms with Gasteiger partial charge in [-0.3, -0.25) is 4.79 Å². The van der Waals surface area contributed by atoms with E-state index in [2.05, 4.69) is 25.7 Å². The van der Waals surface area contributed by atoms with Gasteiger partial charge >= 0.3 is 0 Å². The second kappa shape index (κ2) is 7.38. The molecule has 1 fully saturated rings. The van der Waals surface area contributed by atoms with E-state index in [0.29, 0.717) is 26.2 Å². The topological polar surface area (TPSA) is 104 Å². The third-order valence-electron chi connectivity index (χ3n) is 3.26. The van der Waals surface area contributed by atoms with Gasteiger partial charge in [0.05, 0.1) is 30.5 Å². The quantitative estimate of drug-likeness (QED) is 0.772. The van der Waals surface area contributed by atoms with Crippen molar-refractivity contribution < 1.29 is 14.3 Å². The zero-order valence-corrected chi connectivity index (χ0v) is 12.6. The second-order valence-corrected chi connectivity index (χ2v) is 5.55. The molecule has 3 rings (SSSR count). The first-order valence-electron chi connectivity index (χ1n) is 6.88. The Bertz CT molecular complexity index is 576. The number of ether oxygens (including phenoxy) is 2. The van der Waals surface area contributed by atoms with Gasteiger partial charge in [-0.2, -0.15) is 4.80 Å². The van der Waals surface area contributed by atoms with Gasteiger partial charge in [0.15, 0.2) is 6.33 Å². The smallest absolute Gasteiger partial charge is 0.243 e. The first-order valence-corrected chi connectivity index (χ1v) is 7.82. The van der Waals surface area contributed by atoms with E-state index in [1.807, 2.05) is 5.38 Å². The number of tetrazole rings is 1. The predicted molar refractivity (Wildman–Crippen MR) is 75.9 cm³/mol. The summed E-state index contributed by atoms with van der Waals surface area (Å²) in [5.41, 5.74) is 2.65. The minimum atomic E-state index is -0.192. The molecule has 0 unspecified atom stereocenters. The van der Waals surface area contributed by atoms with Crippen LogP contribution in [0.5, 0.6) is 0 Å². The molecule has 0 spiro atoms. The SMILES string of the molecule is O=C(Cn1ncnn1)N[C@@H]1CCOC[C@H]1OCc1cscn1. The van der Waals surface area contributed by atoms with E-state index in [-0.39, 0.29) is 24.6 Å². The number of hydrogen-bond acceptors (Lipinski definition) is 8. The Hall–Kier alpha value is -1.91. The Morgan fingerprint density at radius 3 is 3.32 bits per heavy atom. The molecular weight excluding hydrogens is 308 g/mol. The minimum absolute atomic E-state index is 0.0379. The number of nitrogens with one attached hydrogen (secondary N) is 1. The van der Waals surface area contributed by atoms with Gasteiger partial charge in [0.2, 0.25) is 5.91 Å². The van der Waals surface area contributed by atoms with Crippen LogP contribution in [0, 0.1) is 0 Å². The van der Waals surface area contributed by atoms with Crippen molar-refractivity contribution >= 4 is 17.2 Å². The Labute approximate surface area is 130 Å². The zero-order valence-electron chi connectivity index (χ0n) is 11.8. The molecule has 0 saturated carbocycles. The lowest BCUT2D eigenvalue weighted by molar-refractivity contribution is -0.127. The van der Waals surface area contributed by atoms with Crippen molar-refractivity contribution in [3.8, 4) is 0 Å². The van der Waals surface area contributed by atoms with Gasteiger partial charge in [-0.1, -0.05) is 0 Å². The average Bonchev–Trinajstić information content (AvgIpc) is 3.19. The molecule has 2 aromatic rings. The van der Waals surface area contributed by atoms with Crippen LogP contribution in [-0.2, 0) is 27.4 Å². The molecule has 0 aliphatic carbocycles. The molecule has 1 amide bonds. The third-order valence-corrected chi connectivity index (χ3v) is 3.89. The van der Waals surface area contributed by atoms with Crippen molar-refractivity contribution in [1.82, 2.24) is 30.5 Å². The van der Waals surface area contributed by atoms with Gasteiger partial charge < -0.3 is 14.8 Å². The molecule has 22 heavy (non-hydrogen) atoms. The van der Waals surface area contributed by atoms with Gasteiger partial charge in [-0.15, -0.1) is 21.5 Å². The fourth-order valence-electron chi connectivity index (χ4n) is 2.18. The number of aromatic nitrogens is 5. The van der Waals surface area contributed by atoms with Crippen molar-refractivity contribution in [2.75, 3.05) is 13.2 Å². The molecule has 1 saturated heterocycles. The van der Waals surface area contributed by atoms with Crippen molar-refractivity contribution in [2.45, 2.75) is 31.7 Å². The molecule has 2 atom stereocenters. The third kappa shape index (κ3) is 4.06. The predicted octanol–water partition coefficient (Wildman–Crippen LogP) is -0.380. The van der Waals surface area contributed by atoms with Gasteiger partial charge in [0, 0.05) is 12.0 Å². The maximum atomic E-state index is 12.0. The molecule has 2 aromatic heterocycles. The van der Waals surface area contributed by atoms with Crippen LogP contribution in [0.1, 0.15) is 12.1 Å². The van der Waals surface area contributed by atoms with E-state index < -0.39 is 0 Å². The van der Waals surface area contributed by atoms with Crippen molar-refractivity contribution in [3.63, 3.8) is 0 Å². The summed E-state index contributed by atoms with van der Waals surface area (Å²) < 4.78 is 11.3. The summed E-state index contributed by atoms with van der Waals surface area (Å²) >= 11 is 1.53. The van der Waals surface area contributed by atoms with Crippen LogP contribution in [0.3, 0.4) is 0 Å². The standard InChI is InChI=1S/C12H16N6O3S/c19-12(3-18-15-7-14-17-18)16-10-1-2-20-5-11(10)21-4-9-6-22-8-13-9/h6-8,10-11H,1-5H2,(H,16,19)/t10-,11-/m1/s1. The highest BCUT2D eigenvalue weighted by Gasteiger charge is 2.28. The molecule has 3 heterocycles. The van der Waals surface area contributed by atoms with Gasteiger partial charge in [-0.25, -0.2) is 4.98 Å². The first-order chi connectivity index (χ1) is 10.8. The molecule has 118 valence electrons. The van der Waals surface area contributed by atoms with Crippen molar-refractivity contribution in [1.29, 1.82) is 0 Å². The van der Waals surface area contributed by atoms with Gasteiger partial charge in [-0.05, 0) is 11.6 Å².